The van der Waals surface area contributed by atoms with E-state index in [4.69, 9.17) is 4.74 Å². The van der Waals surface area contributed by atoms with Crippen LogP contribution in [-0.4, -0.2) is 40.6 Å². The van der Waals surface area contributed by atoms with Crippen LogP contribution >= 0.6 is 22.6 Å². The molecule has 0 aromatic heterocycles. The minimum atomic E-state index is -0.593. The molecule has 154 valence electrons. The van der Waals surface area contributed by atoms with Crippen molar-refractivity contribution in [1.82, 2.24) is 10.2 Å². The lowest BCUT2D eigenvalue weighted by molar-refractivity contribution is -0.145. The Labute approximate surface area is 184 Å². The van der Waals surface area contributed by atoms with Gasteiger partial charge in [-0.2, -0.15) is 0 Å². The Bertz CT molecular complexity index is 946. The fourth-order valence-corrected chi connectivity index (χ4v) is 4.47. The summed E-state index contributed by atoms with van der Waals surface area (Å²) in [7, 11) is 1.37. The molecule has 6 nitrogen and oxygen atoms in total. The maximum absolute atomic E-state index is 12.8. The highest BCUT2D eigenvalue weighted by atomic mass is 127. The number of carbonyl (C=O) groups is 2. The lowest BCUT2D eigenvalue weighted by Crippen LogP contribution is -2.51. The number of halogens is 1. The van der Waals surface area contributed by atoms with Crippen LogP contribution in [-0.2, 0) is 9.53 Å². The summed E-state index contributed by atoms with van der Waals surface area (Å²) in [6, 6.07) is 12.2. The normalized spacial score (nSPS) is 19.1. The van der Waals surface area contributed by atoms with Crippen LogP contribution in [0.3, 0.4) is 0 Å². The van der Waals surface area contributed by atoms with Crippen molar-refractivity contribution in [2.24, 2.45) is 5.41 Å². The predicted molar refractivity (Wildman–Crippen MR) is 124 cm³/mol. The van der Waals surface area contributed by atoms with Gasteiger partial charge >= 0.3 is 12.0 Å². The Morgan fingerprint density at radius 1 is 1.14 bits per heavy atom. The highest BCUT2D eigenvalue weighted by Crippen LogP contribution is 2.36. The van der Waals surface area contributed by atoms with Gasteiger partial charge < -0.3 is 20.3 Å². The number of nitrogens with zero attached hydrogens (tertiary/aromatic N) is 1. The molecule has 1 heterocycles. The Morgan fingerprint density at radius 2 is 1.83 bits per heavy atom. The number of fused-ring (bicyclic) bond motifs is 1. The molecule has 0 fully saturated rings. The number of carbonyl (C=O) groups excluding carboxylic acids is 2. The first-order valence-corrected chi connectivity index (χ1v) is 11.0. The molecule has 2 unspecified atom stereocenters. The van der Waals surface area contributed by atoms with Crippen molar-refractivity contribution in [3.63, 3.8) is 0 Å². The van der Waals surface area contributed by atoms with Crippen LogP contribution in [0.1, 0.15) is 20.8 Å². The fourth-order valence-electron chi connectivity index (χ4n) is 3.68. The first kappa shape index (κ1) is 21.4. The highest BCUT2D eigenvalue weighted by Gasteiger charge is 2.43. The van der Waals surface area contributed by atoms with E-state index in [-0.39, 0.29) is 17.4 Å². The van der Waals surface area contributed by atoms with Crippen LogP contribution in [0, 0.1) is 5.41 Å². The molecule has 3 rings (SSSR count). The summed E-state index contributed by atoms with van der Waals surface area (Å²) < 4.78 is 5.64. The lowest BCUT2D eigenvalue weighted by atomic mass is 9.91. The van der Waals surface area contributed by atoms with Crippen LogP contribution in [0.5, 0.6) is 0 Å². The third kappa shape index (κ3) is 4.49. The Balaban J connectivity index is 1.85. The van der Waals surface area contributed by atoms with Crippen molar-refractivity contribution in [3.05, 3.63) is 54.2 Å². The van der Waals surface area contributed by atoms with Crippen molar-refractivity contribution in [2.75, 3.05) is 17.0 Å². The Kier molecular flexibility index (Phi) is 6.36. The molecule has 0 saturated carbocycles. The molecule has 2 atom stereocenters. The number of hydrogen-bond donors (Lipinski definition) is 2. The molecular weight excluding hydrogens is 481 g/mol. The van der Waals surface area contributed by atoms with Gasteiger partial charge in [0.2, 0.25) is 0 Å². The minimum absolute atomic E-state index is 0.167. The zero-order chi connectivity index (χ0) is 21.2. The van der Waals surface area contributed by atoms with Crippen LogP contribution in [0.4, 0.5) is 10.5 Å². The van der Waals surface area contributed by atoms with Gasteiger partial charge in [0.25, 0.3) is 0 Å². The van der Waals surface area contributed by atoms with Gasteiger partial charge in [-0.15, -0.1) is 0 Å². The summed E-state index contributed by atoms with van der Waals surface area (Å²) in [4.78, 5) is 27.3. The predicted octanol–water partition coefficient (Wildman–Crippen LogP) is 4.51. The van der Waals surface area contributed by atoms with Gasteiger partial charge in [-0.05, 0) is 17.5 Å². The van der Waals surface area contributed by atoms with Crippen LogP contribution in [0.15, 0.2) is 54.2 Å². The third-order valence-corrected chi connectivity index (χ3v) is 5.73. The third-order valence-electron chi connectivity index (χ3n) is 5.00. The number of alkyl halides is 1. The summed E-state index contributed by atoms with van der Waals surface area (Å²) >= 11 is 2.23. The fraction of sp³-hybridized carbons (Fsp3) is 0.364. The molecule has 0 spiro atoms. The van der Waals surface area contributed by atoms with Crippen molar-refractivity contribution in [2.45, 2.75) is 32.9 Å². The molecular formula is C22H26IN3O3. The van der Waals surface area contributed by atoms with E-state index >= 15 is 0 Å². The SMILES string of the molecule is COC(=O)C1C(NC(=O)Nc2cccc3ccccc23)C=C(C(C)(C)C)N1CI. The van der Waals surface area contributed by atoms with Gasteiger partial charge in [0.05, 0.1) is 23.4 Å². The number of rotatable bonds is 4. The van der Waals surface area contributed by atoms with Crippen LogP contribution < -0.4 is 10.6 Å². The standard InChI is InChI=1S/C22H26IN3O3/c1-22(2,3)18-12-17(19(20(27)29-4)26(18)13-23)25-21(28)24-16-11-7-9-14-8-5-6-10-15(14)16/h5-12,17,19H,13H2,1-4H3,(H2,24,25,28). The molecule has 1 aliphatic heterocycles. The number of allylic oxidation sites excluding steroid dienone is 1. The van der Waals surface area contributed by atoms with E-state index in [9.17, 15) is 9.59 Å². The number of benzene rings is 2. The second kappa shape index (κ2) is 8.61. The van der Waals surface area contributed by atoms with Gasteiger partial charge in [0.1, 0.15) is 0 Å². The number of anilines is 1. The molecule has 29 heavy (non-hydrogen) atoms. The molecule has 1 aliphatic rings. The van der Waals surface area contributed by atoms with E-state index < -0.39 is 12.1 Å². The number of ether oxygens (including phenoxy) is 1. The molecule has 0 radical (unpaired) electrons. The largest absolute Gasteiger partial charge is 0.467 e. The van der Waals surface area contributed by atoms with Crippen molar-refractivity contribution < 1.29 is 14.3 Å². The molecule has 2 amide bonds. The van der Waals surface area contributed by atoms with E-state index in [2.05, 4.69) is 54.0 Å². The Hall–Kier alpha value is -2.29. The molecule has 0 aliphatic carbocycles. The van der Waals surface area contributed by atoms with Gasteiger partial charge in [-0.25, -0.2) is 9.59 Å². The van der Waals surface area contributed by atoms with Gasteiger partial charge in [0.15, 0.2) is 6.04 Å². The topological polar surface area (TPSA) is 70.7 Å². The molecule has 0 saturated heterocycles. The summed E-state index contributed by atoms with van der Waals surface area (Å²) in [6.07, 6.45) is 1.96. The van der Waals surface area contributed by atoms with Crippen LogP contribution in [0.25, 0.3) is 10.8 Å². The maximum atomic E-state index is 12.8. The number of hydrogen-bond acceptors (Lipinski definition) is 4. The average Bonchev–Trinajstić information content (AvgIpc) is 3.06. The molecule has 2 aromatic rings. The van der Waals surface area contributed by atoms with E-state index in [0.29, 0.717) is 4.55 Å². The van der Waals surface area contributed by atoms with Crippen molar-refractivity contribution in [1.29, 1.82) is 0 Å². The number of esters is 1. The summed E-state index contributed by atoms with van der Waals surface area (Å²) in [5.74, 6) is -0.368. The number of amides is 2. The van der Waals surface area contributed by atoms with Crippen molar-refractivity contribution >= 4 is 51.1 Å². The highest BCUT2D eigenvalue weighted by molar-refractivity contribution is 14.1. The molecule has 2 N–H and O–H groups in total. The first-order chi connectivity index (χ1) is 13.8. The van der Waals surface area contributed by atoms with E-state index in [1.54, 1.807) is 0 Å². The van der Waals surface area contributed by atoms with Crippen molar-refractivity contribution in [3.8, 4) is 0 Å². The maximum Gasteiger partial charge on any atom is 0.331 e. The summed E-state index contributed by atoms with van der Waals surface area (Å²) in [6.45, 7) is 6.26. The smallest absolute Gasteiger partial charge is 0.331 e. The average molecular weight is 507 g/mol. The summed E-state index contributed by atoms with van der Waals surface area (Å²) in [5.41, 5.74) is 1.57. The number of methoxy groups -OCH3 is 1. The van der Waals surface area contributed by atoms with Gasteiger partial charge in [-0.3, -0.25) is 0 Å². The molecule has 7 heteroatoms. The zero-order valence-electron chi connectivity index (χ0n) is 17.0. The second-order valence-electron chi connectivity index (χ2n) is 8.01. The van der Waals surface area contributed by atoms with Gasteiger partial charge in [-0.1, -0.05) is 79.8 Å². The first-order valence-electron chi connectivity index (χ1n) is 9.44. The quantitative estimate of drug-likeness (QED) is 0.277. The number of nitrogens with one attached hydrogen (secondary N) is 2. The molecule has 0 bridgehead atoms. The molecule has 2 aromatic carbocycles. The van der Waals surface area contributed by atoms with Crippen LogP contribution in [0.2, 0.25) is 0 Å². The number of urea groups is 1. The lowest BCUT2D eigenvalue weighted by Gasteiger charge is -2.34. The Morgan fingerprint density at radius 3 is 2.48 bits per heavy atom. The minimum Gasteiger partial charge on any atom is -0.467 e. The summed E-state index contributed by atoms with van der Waals surface area (Å²) in [5, 5.41) is 7.88. The zero-order valence-corrected chi connectivity index (χ0v) is 19.2. The van der Waals surface area contributed by atoms with E-state index in [1.165, 1.54) is 7.11 Å². The van der Waals surface area contributed by atoms with Gasteiger partial charge in [0, 0.05) is 16.5 Å². The van der Waals surface area contributed by atoms with E-state index in [1.807, 2.05) is 53.4 Å². The second-order valence-corrected chi connectivity index (χ2v) is 8.69. The monoisotopic (exact) mass is 507 g/mol. The van der Waals surface area contributed by atoms with E-state index in [0.717, 1.165) is 22.2 Å².